The normalized spacial score (nSPS) is 9.07. The second kappa shape index (κ2) is 4.19. The molecule has 0 saturated carbocycles. The summed E-state index contributed by atoms with van der Waals surface area (Å²) in [5.41, 5.74) is -0.111. The Morgan fingerprint density at radius 2 is 2.21 bits per heavy atom. The Balaban J connectivity index is 2.90. The summed E-state index contributed by atoms with van der Waals surface area (Å²) in [5.74, 6) is 0.959. The fraction of sp³-hybridized carbons (Fsp3) is 0.100. The van der Waals surface area contributed by atoms with Crippen molar-refractivity contribution in [3.63, 3.8) is 0 Å². The van der Waals surface area contributed by atoms with Gasteiger partial charge in [0.15, 0.2) is 6.61 Å². The van der Waals surface area contributed by atoms with Crippen LogP contribution in [0.3, 0.4) is 0 Å². The molecule has 0 fully saturated rings. The second-order valence-electron chi connectivity index (χ2n) is 2.48. The first kappa shape index (κ1) is 9.93. The van der Waals surface area contributed by atoms with Crippen molar-refractivity contribution in [3.8, 4) is 23.8 Å². The number of benzene rings is 1. The van der Waals surface area contributed by atoms with Crippen molar-refractivity contribution in [2.45, 2.75) is 0 Å². The zero-order chi connectivity index (χ0) is 10.6. The molecule has 0 bridgehead atoms. The zero-order valence-corrected chi connectivity index (χ0v) is 7.23. The standard InChI is InChI=1S/C10H8O4/c1-2-5-14-10(13)8-6-7(11)3-4-9(8)12/h1,3-4,6,11-12H,5H2. The number of hydrogen-bond acceptors (Lipinski definition) is 4. The summed E-state index contributed by atoms with van der Waals surface area (Å²) in [7, 11) is 0. The Kier molecular flexibility index (Phi) is 2.97. The van der Waals surface area contributed by atoms with Crippen LogP contribution in [0.2, 0.25) is 0 Å². The molecule has 0 unspecified atom stereocenters. The van der Waals surface area contributed by atoms with E-state index < -0.39 is 5.97 Å². The van der Waals surface area contributed by atoms with Crippen LogP contribution >= 0.6 is 0 Å². The van der Waals surface area contributed by atoms with Gasteiger partial charge in [-0.1, -0.05) is 5.92 Å². The predicted molar refractivity (Wildman–Crippen MR) is 48.9 cm³/mol. The van der Waals surface area contributed by atoms with Crippen molar-refractivity contribution in [2.24, 2.45) is 0 Å². The molecule has 0 aliphatic carbocycles. The van der Waals surface area contributed by atoms with E-state index in [1.54, 1.807) is 0 Å². The van der Waals surface area contributed by atoms with Gasteiger partial charge in [0.05, 0.1) is 0 Å². The Morgan fingerprint density at radius 1 is 1.50 bits per heavy atom. The smallest absolute Gasteiger partial charge is 0.343 e. The summed E-state index contributed by atoms with van der Waals surface area (Å²) in [5, 5.41) is 18.3. The minimum absolute atomic E-state index is 0.111. The number of aromatic hydroxyl groups is 2. The highest BCUT2D eigenvalue weighted by Crippen LogP contribution is 2.22. The van der Waals surface area contributed by atoms with E-state index in [2.05, 4.69) is 10.7 Å². The number of terminal acetylenes is 1. The lowest BCUT2D eigenvalue weighted by atomic mass is 10.2. The van der Waals surface area contributed by atoms with Gasteiger partial charge in [-0.3, -0.25) is 0 Å². The Morgan fingerprint density at radius 3 is 2.86 bits per heavy atom. The molecule has 4 nitrogen and oxygen atoms in total. The van der Waals surface area contributed by atoms with Crippen LogP contribution in [0.1, 0.15) is 10.4 Å². The van der Waals surface area contributed by atoms with Gasteiger partial charge in [-0.25, -0.2) is 4.79 Å². The Hall–Kier alpha value is -2.15. The van der Waals surface area contributed by atoms with Gasteiger partial charge >= 0.3 is 5.97 Å². The Bertz CT molecular complexity index is 390. The molecule has 0 spiro atoms. The van der Waals surface area contributed by atoms with Gasteiger partial charge in [0.25, 0.3) is 0 Å². The lowest BCUT2D eigenvalue weighted by Crippen LogP contribution is -2.05. The predicted octanol–water partition coefficient (Wildman–Crippen LogP) is 0.888. The third-order valence-electron chi connectivity index (χ3n) is 1.49. The van der Waals surface area contributed by atoms with E-state index in [1.807, 2.05) is 0 Å². The zero-order valence-electron chi connectivity index (χ0n) is 7.23. The molecule has 0 saturated heterocycles. The van der Waals surface area contributed by atoms with Crippen LogP contribution in [-0.2, 0) is 4.74 Å². The van der Waals surface area contributed by atoms with Gasteiger partial charge in [-0.15, -0.1) is 6.42 Å². The molecule has 72 valence electrons. The van der Waals surface area contributed by atoms with Gasteiger partial charge in [0.2, 0.25) is 0 Å². The summed E-state index contributed by atoms with van der Waals surface area (Å²) in [6, 6.07) is 3.56. The van der Waals surface area contributed by atoms with E-state index in [-0.39, 0.29) is 23.7 Å². The maximum Gasteiger partial charge on any atom is 0.343 e. The van der Waals surface area contributed by atoms with E-state index in [0.717, 1.165) is 6.07 Å². The minimum atomic E-state index is -0.767. The topological polar surface area (TPSA) is 66.8 Å². The highest BCUT2D eigenvalue weighted by atomic mass is 16.5. The lowest BCUT2D eigenvalue weighted by molar-refractivity contribution is 0.0553. The number of carbonyl (C=O) groups excluding carboxylic acids is 1. The maximum absolute atomic E-state index is 11.2. The van der Waals surface area contributed by atoms with Crippen LogP contribution in [-0.4, -0.2) is 22.8 Å². The second-order valence-corrected chi connectivity index (χ2v) is 2.48. The summed E-state index contributed by atoms with van der Waals surface area (Å²) in [6.07, 6.45) is 4.88. The average molecular weight is 192 g/mol. The molecule has 1 aromatic carbocycles. The first-order valence-electron chi connectivity index (χ1n) is 3.77. The molecular formula is C10H8O4. The molecule has 4 heteroatoms. The largest absolute Gasteiger partial charge is 0.508 e. The summed E-state index contributed by atoms with van der Waals surface area (Å²) in [6.45, 7) is -0.173. The molecule has 0 amide bonds. The van der Waals surface area contributed by atoms with Gasteiger partial charge in [0, 0.05) is 0 Å². The maximum atomic E-state index is 11.2. The van der Waals surface area contributed by atoms with Crippen molar-refractivity contribution in [2.75, 3.05) is 6.61 Å². The third kappa shape index (κ3) is 2.17. The van der Waals surface area contributed by atoms with E-state index >= 15 is 0 Å². The van der Waals surface area contributed by atoms with Gasteiger partial charge in [-0.05, 0) is 18.2 Å². The number of ether oxygens (including phenoxy) is 1. The van der Waals surface area contributed by atoms with Crippen LogP contribution < -0.4 is 0 Å². The van der Waals surface area contributed by atoms with Crippen molar-refractivity contribution in [1.29, 1.82) is 0 Å². The van der Waals surface area contributed by atoms with E-state index in [0.29, 0.717) is 0 Å². The fourth-order valence-electron chi connectivity index (χ4n) is 0.872. The molecule has 0 atom stereocenters. The number of esters is 1. The van der Waals surface area contributed by atoms with Crippen LogP contribution in [0.25, 0.3) is 0 Å². The van der Waals surface area contributed by atoms with Crippen LogP contribution in [0.4, 0.5) is 0 Å². The van der Waals surface area contributed by atoms with Crippen LogP contribution in [0, 0.1) is 12.3 Å². The van der Waals surface area contributed by atoms with Crippen LogP contribution in [0.5, 0.6) is 11.5 Å². The highest BCUT2D eigenvalue weighted by molar-refractivity contribution is 5.92. The molecule has 1 aromatic rings. The third-order valence-corrected chi connectivity index (χ3v) is 1.49. The quantitative estimate of drug-likeness (QED) is 0.415. The van der Waals surface area contributed by atoms with Gasteiger partial charge in [0.1, 0.15) is 17.1 Å². The monoisotopic (exact) mass is 192 g/mol. The summed E-state index contributed by atoms with van der Waals surface area (Å²) in [4.78, 5) is 11.2. The highest BCUT2D eigenvalue weighted by Gasteiger charge is 2.12. The summed E-state index contributed by atoms with van der Waals surface area (Å²) >= 11 is 0. The number of carbonyl (C=O) groups is 1. The van der Waals surface area contributed by atoms with Crippen molar-refractivity contribution < 1.29 is 19.7 Å². The number of rotatable bonds is 2. The molecule has 0 heterocycles. The first-order chi connectivity index (χ1) is 6.65. The van der Waals surface area contributed by atoms with Crippen molar-refractivity contribution >= 4 is 5.97 Å². The van der Waals surface area contributed by atoms with Gasteiger partial charge < -0.3 is 14.9 Å². The number of phenols is 2. The Labute approximate surface area is 80.8 Å². The van der Waals surface area contributed by atoms with E-state index in [9.17, 15) is 9.90 Å². The molecule has 0 aliphatic heterocycles. The molecule has 14 heavy (non-hydrogen) atoms. The molecule has 0 aliphatic rings. The molecule has 0 radical (unpaired) electrons. The molecular weight excluding hydrogens is 184 g/mol. The van der Waals surface area contributed by atoms with Crippen molar-refractivity contribution in [3.05, 3.63) is 23.8 Å². The van der Waals surface area contributed by atoms with E-state index in [4.69, 9.17) is 11.5 Å². The number of hydrogen-bond donors (Lipinski definition) is 2. The minimum Gasteiger partial charge on any atom is -0.508 e. The van der Waals surface area contributed by atoms with E-state index in [1.165, 1.54) is 12.1 Å². The fourth-order valence-corrected chi connectivity index (χ4v) is 0.872. The first-order valence-corrected chi connectivity index (χ1v) is 3.77. The number of phenolic OH excluding ortho intramolecular Hbond substituents is 2. The molecule has 1 rings (SSSR count). The molecule has 2 N–H and O–H groups in total. The summed E-state index contributed by atoms with van der Waals surface area (Å²) < 4.78 is 4.57. The SMILES string of the molecule is C#CCOC(=O)c1cc(O)ccc1O. The van der Waals surface area contributed by atoms with Gasteiger partial charge in [-0.2, -0.15) is 0 Å². The lowest BCUT2D eigenvalue weighted by Gasteiger charge is -2.03. The molecule has 0 aromatic heterocycles. The van der Waals surface area contributed by atoms with Crippen LogP contribution in [0.15, 0.2) is 18.2 Å². The van der Waals surface area contributed by atoms with Crippen molar-refractivity contribution in [1.82, 2.24) is 0 Å². The average Bonchev–Trinajstić information content (AvgIpc) is 2.18.